The van der Waals surface area contributed by atoms with Gasteiger partial charge in [0.15, 0.2) is 9.84 Å². The highest BCUT2D eigenvalue weighted by atomic mass is 32.2. The van der Waals surface area contributed by atoms with Crippen molar-refractivity contribution in [3.05, 3.63) is 60.2 Å². The number of urea groups is 1. The molecule has 2 aromatic carbocycles. The smallest absolute Gasteiger partial charge is 0.319 e. The number of rotatable bonds is 5. The summed E-state index contributed by atoms with van der Waals surface area (Å²) in [5, 5.41) is 5.66. The van der Waals surface area contributed by atoms with Gasteiger partial charge in [0, 0.05) is 11.9 Å². The fraction of sp³-hybridized carbons (Fsp3) is 0.235. The van der Waals surface area contributed by atoms with E-state index in [1.807, 2.05) is 25.1 Å². The molecule has 23 heavy (non-hydrogen) atoms. The Hall–Kier alpha value is -2.34. The summed E-state index contributed by atoms with van der Waals surface area (Å²) >= 11 is 0. The van der Waals surface area contributed by atoms with E-state index in [0.717, 1.165) is 5.56 Å². The summed E-state index contributed by atoms with van der Waals surface area (Å²) in [7, 11) is -3.22. The van der Waals surface area contributed by atoms with Crippen LogP contribution < -0.4 is 10.6 Å². The van der Waals surface area contributed by atoms with Gasteiger partial charge >= 0.3 is 6.03 Å². The van der Waals surface area contributed by atoms with Gasteiger partial charge in [0.25, 0.3) is 0 Å². The Morgan fingerprint density at radius 2 is 1.65 bits per heavy atom. The number of carbonyl (C=O) groups excluding carboxylic acids is 1. The maximum Gasteiger partial charge on any atom is 0.319 e. The third kappa shape index (κ3) is 4.82. The molecule has 0 heterocycles. The molecule has 0 spiro atoms. The lowest BCUT2D eigenvalue weighted by Gasteiger charge is -2.18. The molecule has 0 unspecified atom stereocenters. The van der Waals surface area contributed by atoms with Gasteiger partial charge in [0.2, 0.25) is 0 Å². The average Bonchev–Trinajstić information content (AvgIpc) is 2.53. The number of amides is 2. The lowest BCUT2D eigenvalue weighted by Crippen LogP contribution is -2.32. The van der Waals surface area contributed by atoms with Crippen molar-refractivity contribution in [3.63, 3.8) is 0 Å². The molecule has 0 bridgehead atoms. The Kier molecular flexibility index (Phi) is 5.39. The zero-order valence-corrected chi connectivity index (χ0v) is 13.9. The third-order valence-corrected chi connectivity index (χ3v) is 4.58. The van der Waals surface area contributed by atoms with Crippen LogP contribution in [0.3, 0.4) is 0 Å². The van der Waals surface area contributed by atoms with E-state index in [-0.39, 0.29) is 17.0 Å². The van der Waals surface area contributed by atoms with Crippen LogP contribution in [-0.2, 0) is 9.84 Å². The fourth-order valence-corrected chi connectivity index (χ4v) is 2.85. The number of carbonyl (C=O) groups is 1. The minimum atomic E-state index is -3.22. The summed E-state index contributed by atoms with van der Waals surface area (Å²) in [4.78, 5) is 12.3. The first-order valence-corrected chi connectivity index (χ1v) is 9.22. The summed E-state index contributed by atoms with van der Waals surface area (Å²) in [6.07, 6.45) is 1.87. The van der Waals surface area contributed by atoms with E-state index in [0.29, 0.717) is 12.1 Å². The second-order valence-electron chi connectivity index (χ2n) is 5.27. The number of sulfone groups is 1. The first-order chi connectivity index (χ1) is 10.9. The zero-order chi connectivity index (χ0) is 16.9. The van der Waals surface area contributed by atoms with E-state index in [9.17, 15) is 13.2 Å². The van der Waals surface area contributed by atoms with Gasteiger partial charge in [-0.05, 0) is 36.2 Å². The molecule has 0 aliphatic heterocycles. The van der Waals surface area contributed by atoms with Gasteiger partial charge in [-0.2, -0.15) is 0 Å². The van der Waals surface area contributed by atoms with Crippen LogP contribution in [-0.4, -0.2) is 20.7 Å². The monoisotopic (exact) mass is 332 g/mol. The quantitative estimate of drug-likeness (QED) is 0.881. The van der Waals surface area contributed by atoms with E-state index in [1.165, 1.54) is 6.26 Å². The molecule has 2 rings (SSSR count). The molecular weight excluding hydrogens is 312 g/mol. The van der Waals surface area contributed by atoms with Crippen LogP contribution >= 0.6 is 0 Å². The Morgan fingerprint density at radius 3 is 2.17 bits per heavy atom. The van der Waals surface area contributed by atoms with Crippen molar-refractivity contribution in [1.82, 2.24) is 5.32 Å². The predicted octanol–water partition coefficient (Wildman–Crippen LogP) is 3.36. The molecule has 5 nitrogen and oxygen atoms in total. The van der Waals surface area contributed by atoms with E-state index < -0.39 is 9.84 Å². The number of hydrogen-bond donors (Lipinski definition) is 2. The molecule has 2 amide bonds. The highest BCUT2D eigenvalue weighted by Gasteiger charge is 2.14. The van der Waals surface area contributed by atoms with Crippen LogP contribution in [0.15, 0.2) is 59.5 Å². The molecule has 0 saturated carbocycles. The second kappa shape index (κ2) is 7.28. The molecule has 2 N–H and O–H groups in total. The van der Waals surface area contributed by atoms with E-state index >= 15 is 0 Å². The number of benzene rings is 2. The minimum Gasteiger partial charge on any atom is -0.331 e. The van der Waals surface area contributed by atoms with Gasteiger partial charge in [-0.25, -0.2) is 13.2 Å². The normalized spacial score (nSPS) is 12.4. The topological polar surface area (TPSA) is 75.3 Å². The minimum absolute atomic E-state index is 0.188. The van der Waals surface area contributed by atoms with Gasteiger partial charge in [0.1, 0.15) is 0 Å². The summed E-state index contributed by atoms with van der Waals surface area (Å²) in [5.41, 5.74) is 1.58. The summed E-state index contributed by atoms with van der Waals surface area (Å²) in [6, 6.07) is 15.3. The zero-order valence-electron chi connectivity index (χ0n) is 13.1. The van der Waals surface area contributed by atoms with Crippen LogP contribution in [0.4, 0.5) is 10.5 Å². The summed E-state index contributed by atoms with van der Waals surface area (Å²) < 4.78 is 23.0. The molecule has 0 radical (unpaired) electrons. The van der Waals surface area contributed by atoms with Crippen molar-refractivity contribution in [2.24, 2.45) is 0 Å². The predicted molar refractivity (Wildman–Crippen MR) is 91.2 cm³/mol. The molecule has 0 fully saturated rings. The number of para-hydroxylation sites is 1. The third-order valence-electron chi connectivity index (χ3n) is 3.46. The largest absolute Gasteiger partial charge is 0.331 e. The Balaban J connectivity index is 2.06. The lowest BCUT2D eigenvalue weighted by atomic mass is 10.1. The summed E-state index contributed by atoms with van der Waals surface area (Å²) in [5.74, 6) is 0. The van der Waals surface area contributed by atoms with Crippen LogP contribution in [0.25, 0.3) is 0 Å². The van der Waals surface area contributed by atoms with Crippen molar-refractivity contribution >= 4 is 21.6 Å². The second-order valence-corrected chi connectivity index (χ2v) is 7.28. The van der Waals surface area contributed by atoms with E-state index in [4.69, 9.17) is 0 Å². The van der Waals surface area contributed by atoms with E-state index in [2.05, 4.69) is 10.6 Å². The highest BCUT2D eigenvalue weighted by Crippen LogP contribution is 2.19. The summed E-state index contributed by atoms with van der Waals surface area (Å²) in [6.45, 7) is 1.96. The van der Waals surface area contributed by atoms with Crippen molar-refractivity contribution in [1.29, 1.82) is 0 Å². The van der Waals surface area contributed by atoms with Gasteiger partial charge in [-0.3, -0.25) is 0 Å². The van der Waals surface area contributed by atoms with Crippen molar-refractivity contribution in [2.75, 3.05) is 11.6 Å². The van der Waals surface area contributed by atoms with Gasteiger partial charge in [0.05, 0.1) is 10.9 Å². The Morgan fingerprint density at radius 1 is 1.04 bits per heavy atom. The average molecular weight is 332 g/mol. The number of anilines is 1. The SMILES string of the molecule is CC[C@@H](NC(=O)Nc1ccccc1)c1ccc(S(C)(=O)=O)cc1. The van der Waals surface area contributed by atoms with Crippen molar-refractivity contribution < 1.29 is 13.2 Å². The lowest BCUT2D eigenvalue weighted by molar-refractivity contribution is 0.248. The molecule has 0 saturated heterocycles. The number of nitrogens with one attached hydrogen (secondary N) is 2. The van der Waals surface area contributed by atoms with Crippen LogP contribution in [0, 0.1) is 0 Å². The molecule has 0 aromatic heterocycles. The first kappa shape index (κ1) is 17.0. The van der Waals surface area contributed by atoms with E-state index in [1.54, 1.807) is 36.4 Å². The molecule has 2 aromatic rings. The molecule has 122 valence electrons. The highest BCUT2D eigenvalue weighted by molar-refractivity contribution is 7.90. The molecule has 6 heteroatoms. The maximum atomic E-state index is 12.1. The standard InChI is InChI=1S/C17H20N2O3S/c1-3-16(13-9-11-15(12-10-13)23(2,21)22)19-17(20)18-14-7-5-4-6-8-14/h4-12,16H,3H2,1-2H3,(H2,18,19,20)/t16-/m1/s1. The fourth-order valence-electron chi connectivity index (χ4n) is 2.22. The Bertz CT molecular complexity index is 756. The van der Waals surface area contributed by atoms with Crippen molar-refractivity contribution in [2.45, 2.75) is 24.3 Å². The van der Waals surface area contributed by atoms with Gasteiger partial charge < -0.3 is 10.6 Å². The maximum absolute atomic E-state index is 12.1. The molecule has 0 aliphatic rings. The van der Waals surface area contributed by atoms with Crippen LogP contribution in [0.5, 0.6) is 0 Å². The first-order valence-electron chi connectivity index (χ1n) is 7.32. The molecule has 0 aliphatic carbocycles. The van der Waals surface area contributed by atoms with Crippen LogP contribution in [0.1, 0.15) is 24.9 Å². The number of hydrogen-bond acceptors (Lipinski definition) is 3. The van der Waals surface area contributed by atoms with Crippen molar-refractivity contribution in [3.8, 4) is 0 Å². The molecular formula is C17H20N2O3S. The molecule has 1 atom stereocenters. The Labute approximate surface area is 136 Å². The van der Waals surface area contributed by atoms with Crippen LogP contribution in [0.2, 0.25) is 0 Å². The van der Waals surface area contributed by atoms with Gasteiger partial charge in [-0.15, -0.1) is 0 Å². The van der Waals surface area contributed by atoms with Gasteiger partial charge in [-0.1, -0.05) is 37.3 Å².